The van der Waals surface area contributed by atoms with Gasteiger partial charge in [-0.2, -0.15) is 0 Å². The van der Waals surface area contributed by atoms with Gasteiger partial charge in [0, 0.05) is 61.6 Å². The Morgan fingerprint density at radius 2 is 1.55 bits per heavy atom. The number of aromatic nitrogens is 1. The third-order valence-corrected chi connectivity index (χ3v) is 8.22. The molecule has 2 heterocycles. The second kappa shape index (κ2) is 16.0. The quantitative estimate of drug-likeness (QED) is 0.0551. The molecule has 4 aromatic rings. The number of fused-ring (bicyclic) bond motifs is 1. The van der Waals surface area contributed by atoms with E-state index in [0.29, 0.717) is 66.9 Å². The van der Waals surface area contributed by atoms with E-state index in [1.54, 1.807) is 59.5 Å². The minimum absolute atomic E-state index is 0.116. The number of Topliss-reactive ketones (excluding diaryl/α,β-unsaturated/α-hetero) is 1. The Hall–Kier alpha value is -5.67. The summed E-state index contributed by atoms with van der Waals surface area (Å²) in [7, 11) is -1.63. The number of H-pyrrole nitrogens is 1. The molecule has 0 aliphatic carbocycles. The molecule has 15 heteroatoms. The number of rotatable bonds is 11. The summed E-state index contributed by atoms with van der Waals surface area (Å²) in [5, 5.41) is 29.9. The molecule has 14 nitrogen and oxygen atoms in total. The van der Waals surface area contributed by atoms with Gasteiger partial charge in [-0.1, -0.05) is 42.5 Å². The lowest BCUT2D eigenvalue weighted by molar-refractivity contribution is -0.130. The van der Waals surface area contributed by atoms with E-state index >= 15 is 0 Å². The lowest BCUT2D eigenvalue weighted by Crippen LogP contribution is -2.56. The van der Waals surface area contributed by atoms with Crippen LogP contribution in [-0.2, 0) is 4.79 Å². The molecule has 1 atom stereocenters. The van der Waals surface area contributed by atoms with Gasteiger partial charge in [-0.05, 0) is 55.6 Å². The molecule has 0 radical (unpaired) electrons. The summed E-state index contributed by atoms with van der Waals surface area (Å²) in [5.74, 6) is -1.45. The summed E-state index contributed by atoms with van der Waals surface area (Å²) in [6.07, 6.45) is 2.63. The fourth-order valence-corrected chi connectivity index (χ4v) is 5.67. The lowest BCUT2D eigenvalue weighted by atomic mass is 9.80. The second-order valence-corrected chi connectivity index (χ2v) is 11.7. The Morgan fingerprint density at radius 1 is 0.857 bits per heavy atom. The molecule has 0 saturated carbocycles. The molecule has 0 spiro atoms. The standard InChI is InChI=1S/C34H38BN7O7/c1-22-21-41(31(44)23-9-3-2-4-10-23)17-18-42(22)32(45)30(43)27-20-38-29-26(27)13-8-14-28(29)40-34(47)37-16-6-5-15-36-33(46)39-25-12-7-11-24(19-25)35(48)49/h2-4,7-14,19-20,22,38,48-49H,5-6,15-18,21H2,1H3,(H2,36,39,46)(H2,37,40,47). The molecular weight excluding hydrogens is 629 g/mol. The Bertz CT molecular complexity index is 1830. The number of piperazine rings is 1. The molecular formula is C34H38BN7O7. The van der Waals surface area contributed by atoms with E-state index in [4.69, 9.17) is 0 Å². The van der Waals surface area contributed by atoms with Crippen molar-refractivity contribution in [2.24, 2.45) is 0 Å². The summed E-state index contributed by atoms with van der Waals surface area (Å²) in [6.45, 7) is 3.36. The number of nitrogens with zero attached hydrogens (tertiary/aromatic N) is 2. The highest BCUT2D eigenvalue weighted by Crippen LogP contribution is 2.27. The number of benzene rings is 3. The van der Waals surface area contributed by atoms with Gasteiger partial charge in [0.2, 0.25) is 0 Å². The monoisotopic (exact) mass is 667 g/mol. The Morgan fingerprint density at radius 3 is 2.24 bits per heavy atom. The number of amides is 6. The van der Waals surface area contributed by atoms with Gasteiger partial charge in [0.25, 0.3) is 17.6 Å². The van der Waals surface area contributed by atoms with Gasteiger partial charge in [0.05, 0.1) is 16.8 Å². The van der Waals surface area contributed by atoms with Crippen LogP contribution in [0, 0.1) is 0 Å². The number of ketones is 1. The maximum absolute atomic E-state index is 13.4. The first-order valence-electron chi connectivity index (χ1n) is 16.0. The number of urea groups is 2. The average Bonchev–Trinajstić information content (AvgIpc) is 3.54. The maximum Gasteiger partial charge on any atom is 0.488 e. The van der Waals surface area contributed by atoms with Crippen molar-refractivity contribution < 1.29 is 34.0 Å². The molecule has 1 unspecified atom stereocenters. The summed E-state index contributed by atoms with van der Waals surface area (Å²) in [4.78, 5) is 70.6. The SMILES string of the molecule is CC1CN(C(=O)c2ccccc2)CCN1C(=O)C(=O)c1c[nH]c2c(NC(=O)NCCCCNC(=O)Nc3cccc(B(O)O)c3)cccc12. The molecule has 1 aromatic heterocycles. The van der Waals surface area contributed by atoms with Crippen LogP contribution >= 0.6 is 0 Å². The number of nitrogens with one attached hydrogen (secondary N) is 5. The number of para-hydroxylation sites is 1. The topological polar surface area (TPSA) is 196 Å². The molecule has 1 aliphatic heterocycles. The van der Waals surface area contributed by atoms with E-state index in [1.807, 2.05) is 13.0 Å². The lowest BCUT2D eigenvalue weighted by Gasteiger charge is -2.39. The highest BCUT2D eigenvalue weighted by atomic mass is 16.4. The summed E-state index contributed by atoms with van der Waals surface area (Å²) in [5.41, 5.74) is 2.36. The van der Waals surface area contributed by atoms with Crippen molar-refractivity contribution in [3.63, 3.8) is 0 Å². The molecule has 1 saturated heterocycles. The minimum Gasteiger partial charge on any atom is -0.423 e. The van der Waals surface area contributed by atoms with Crippen LogP contribution in [-0.4, -0.2) is 100 Å². The third-order valence-electron chi connectivity index (χ3n) is 8.22. The third kappa shape index (κ3) is 8.63. The van der Waals surface area contributed by atoms with Gasteiger partial charge in [-0.15, -0.1) is 0 Å². The molecule has 1 aliphatic rings. The molecule has 5 rings (SSSR count). The van der Waals surface area contributed by atoms with Crippen LogP contribution < -0.4 is 26.7 Å². The Labute approximate surface area is 283 Å². The number of carbonyl (C=O) groups is 5. The maximum atomic E-state index is 13.4. The van der Waals surface area contributed by atoms with Crippen molar-refractivity contribution in [3.05, 3.63) is 90.1 Å². The largest absolute Gasteiger partial charge is 0.488 e. The van der Waals surface area contributed by atoms with Crippen molar-refractivity contribution in [3.8, 4) is 0 Å². The normalized spacial score (nSPS) is 14.2. The molecule has 1 fully saturated rings. The van der Waals surface area contributed by atoms with Crippen LogP contribution in [0.4, 0.5) is 21.0 Å². The van der Waals surface area contributed by atoms with E-state index in [2.05, 4.69) is 26.3 Å². The van der Waals surface area contributed by atoms with Crippen molar-refractivity contribution >= 4 is 64.5 Å². The predicted octanol–water partition coefficient (Wildman–Crippen LogP) is 2.13. The molecule has 6 amide bonds. The summed E-state index contributed by atoms with van der Waals surface area (Å²) in [6, 6.07) is 18.9. The van der Waals surface area contributed by atoms with E-state index in [1.165, 1.54) is 23.2 Å². The predicted molar refractivity (Wildman–Crippen MR) is 186 cm³/mol. The molecule has 3 aromatic carbocycles. The van der Waals surface area contributed by atoms with E-state index in [-0.39, 0.29) is 29.5 Å². The number of unbranched alkanes of at least 4 members (excludes halogenated alkanes) is 1. The Kier molecular flexibility index (Phi) is 11.3. The van der Waals surface area contributed by atoms with Crippen molar-refractivity contribution in [2.75, 3.05) is 43.4 Å². The van der Waals surface area contributed by atoms with E-state index < -0.39 is 30.9 Å². The molecule has 0 bridgehead atoms. The van der Waals surface area contributed by atoms with Crippen LogP contribution in [0.2, 0.25) is 0 Å². The number of carbonyl (C=O) groups excluding carboxylic acids is 5. The van der Waals surface area contributed by atoms with Crippen LogP contribution in [0.25, 0.3) is 10.9 Å². The van der Waals surface area contributed by atoms with Crippen molar-refractivity contribution in [1.29, 1.82) is 0 Å². The first-order valence-corrected chi connectivity index (χ1v) is 16.0. The zero-order valence-corrected chi connectivity index (χ0v) is 26.9. The van der Waals surface area contributed by atoms with Gasteiger partial charge in [-0.3, -0.25) is 14.4 Å². The smallest absolute Gasteiger partial charge is 0.423 e. The van der Waals surface area contributed by atoms with E-state index in [9.17, 15) is 34.0 Å². The van der Waals surface area contributed by atoms with Crippen LogP contribution in [0.15, 0.2) is 79.0 Å². The zero-order chi connectivity index (χ0) is 34.9. The first-order chi connectivity index (χ1) is 23.6. The fourth-order valence-electron chi connectivity index (χ4n) is 5.67. The van der Waals surface area contributed by atoms with Crippen molar-refractivity contribution in [2.45, 2.75) is 25.8 Å². The van der Waals surface area contributed by atoms with Gasteiger partial charge in [0.1, 0.15) is 0 Å². The highest BCUT2D eigenvalue weighted by Gasteiger charge is 2.34. The van der Waals surface area contributed by atoms with Crippen LogP contribution in [0.3, 0.4) is 0 Å². The van der Waals surface area contributed by atoms with Gasteiger partial charge < -0.3 is 46.1 Å². The second-order valence-electron chi connectivity index (χ2n) is 11.7. The Balaban J connectivity index is 1.07. The van der Waals surface area contributed by atoms with Crippen LogP contribution in [0.5, 0.6) is 0 Å². The average molecular weight is 668 g/mol. The van der Waals surface area contributed by atoms with Crippen LogP contribution in [0.1, 0.15) is 40.5 Å². The number of hydrogen-bond acceptors (Lipinski definition) is 7. The molecule has 7 N–H and O–H groups in total. The van der Waals surface area contributed by atoms with Crippen molar-refractivity contribution in [1.82, 2.24) is 25.4 Å². The fraction of sp³-hybridized carbons (Fsp3) is 0.265. The van der Waals surface area contributed by atoms with E-state index in [0.717, 1.165) is 0 Å². The van der Waals surface area contributed by atoms with Gasteiger partial charge in [-0.25, -0.2) is 9.59 Å². The number of aromatic amines is 1. The van der Waals surface area contributed by atoms with Gasteiger partial charge >= 0.3 is 19.2 Å². The summed E-state index contributed by atoms with van der Waals surface area (Å²) < 4.78 is 0. The number of hydrogen-bond donors (Lipinski definition) is 7. The number of anilines is 2. The summed E-state index contributed by atoms with van der Waals surface area (Å²) >= 11 is 0. The van der Waals surface area contributed by atoms with Gasteiger partial charge in [0.15, 0.2) is 0 Å². The molecule has 49 heavy (non-hydrogen) atoms. The first kappa shape index (κ1) is 34.7. The molecule has 254 valence electrons. The zero-order valence-electron chi connectivity index (χ0n) is 26.9. The highest BCUT2D eigenvalue weighted by molar-refractivity contribution is 6.58. The minimum atomic E-state index is -1.63.